The minimum atomic E-state index is -0.569. The van der Waals surface area contributed by atoms with Crippen LogP contribution in [0.1, 0.15) is 22.8 Å². The van der Waals surface area contributed by atoms with Gasteiger partial charge < -0.3 is 19.1 Å². The molecule has 0 radical (unpaired) electrons. The predicted molar refractivity (Wildman–Crippen MR) is 123 cm³/mol. The van der Waals surface area contributed by atoms with Crippen molar-refractivity contribution in [3.63, 3.8) is 0 Å². The van der Waals surface area contributed by atoms with Gasteiger partial charge in [-0.25, -0.2) is 8.78 Å². The van der Waals surface area contributed by atoms with Gasteiger partial charge in [0.25, 0.3) is 0 Å². The van der Waals surface area contributed by atoms with Gasteiger partial charge in [0.2, 0.25) is 5.75 Å². The summed E-state index contributed by atoms with van der Waals surface area (Å²) in [4.78, 5) is 3.25. The molecule has 0 bridgehead atoms. The molecule has 0 aliphatic carbocycles. The lowest BCUT2D eigenvalue weighted by Crippen LogP contribution is -2.24. The number of para-hydroxylation sites is 1. The Hall–Kier alpha value is -2.93. The van der Waals surface area contributed by atoms with Crippen molar-refractivity contribution in [2.75, 3.05) is 32.8 Å². The Morgan fingerprint density at radius 2 is 1.66 bits per heavy atom. The molecule has 0 N–H and O–H groups in total. The van der Waals surface area contributed by atoms with E-state index >= 15 is 0 Å². The number of nitrogens with zero attached hydrogens (tertiary/aromatic N) is 1. The largest absolute Gasteiger partial charge is 0.493 e. The number of ether oxygens (including phenoxy) is 3. The van der Waals surface area contributed by atoms with Crippen LogP contribution in [0, 0.1) is 11.6 Å². The first kappa shape index (κ1) is 22.3. The van der Waals surface area contributed by atoms with E-state index < -0.39 is 11.6 Å². The Kier molecular flexibility index (Phi) is 6.74. The van der Waals surface area contributed by atoms with Crippen molar-refractivity contribution >= 4 is 17.4 Å². The summed E-state index contributed by atoms with van der Waals surface area (Å²) in [6, 6.07) is 15.8. The average molecular weight is 458 g/mol. The van der Waals surface area contributed by atoms with Gasteiger partial charge in [-0.05, 0) is 42.3 Å². The standard InChI is InChI=1S/C25H25F2NO3S/c1-29-21-12-17(13-22(30-2)25(21)31-3)23-10-11-28(20-6-4-5-7-24(20)32-23)15-16-8-9-18(26)14-19(16)27/h4-9,12-14,23H,10-11,15H2,1-3H3/t23-/m0/s1. The van der Waals surface area contributed by atoms with Crippen LogP contribution < -0.4 is 19.1 Å². The number of hydrogen-bond donors (Lipinski definition) is 0. The first-order valence-corrected chi connectivity index (χ1v) is 11.2. The topological polar surface area (TPSA) is 30.9 Å². The summed E-state index contributed by atoms with van der Waals surface area (Å²) in [6.07, 6.45) is 0.820. The molecule has 1 aliphatic heterocycles. The van der Waals surface area contributed by atoms with E-state index in [1.807, 2.05) is 30.3 Å². The summed E-state index contributed by atoms with van der Waals surface area (Å²) in [7, 11) is 4.80. The van der Waals surface area contributed by atoms with E-state index in [0.29, 0.717) is 35.9 Å². The van der Waals surface area contributed by atoms with Crippen LogP contribution in [-0.4, -0.2) is 27.9 Å². The number of thioether (sulfide) groups is 1. The van der Waals surface area contributed by atoms with E-state index in [1.54, 1.807) is 33.1 Å². The normalized spacial score (nSPS) is 15.7. The quantitative estimate of drug-likeness (QED) is 0.438. The maximum atomic E-state index is 14.4. The average Bonchev–Trinajstić information content (AvgIpc) is 2.99. The van der Waals surface area contributed by atoms with Gasteiger partial charge in [-0.15, -0.1) is 11.8 Å². The number of fused-ring (bicyclic) bond motifs is 1. The smallest absolute Gasteiger partial charge is 0.203 e. The van der Waals surface area contributed by atoms with E-state index in [2.05, 4.69) is 11.0 Å². The van der Waals surface area contributed by atoms with Crippen LogP contribution >= 0.6 is 11.8 Å². The zero-order valence-electron chi connectivity index (χ0n) is 18.2. The molecule has 0 unspecified atom stereocenters. The Labute approximate surface area is 191 Å². The lowest BCUT2D eigenvalue weighted by Gasteiger charge is -2.25. The highest BCUT2D eigenvalue weighted by atomic mass is 32.2. The fraction of sp³-hybridized carbons (Fsp3) is 0.280. The molecule has 1 atom stereocenters. The van der Waals surface area contributed by atoms with E-state index in [9.17, 15) is 8.78 Å². The molecule has 1 aliphatic rings. The molecule has 7 heteroatoms. The van der Waals surface area contributed by atoms with Crippen molar-refractivity contribution in [3.8, 4) is 17.2 Å². The molecule has 1 heterocycles. The van der Waals surface area contributed by atoms with Crippen LogP contribution in [0.5, 0.6) is 17.2 Å². The third-order valence-electron chi connectivity index (χ3n) is 5.57. The molecule has 4 nitrogen and oxygen atoms in total. The molecule has 0 saturated heterocycles. The van der Waals surface area contributed by atoms with Crippen LogP contribution in [0.25, 0.3) is 0 Å². The summed E-state index contributed by atoms with van der Waals surface area (Å²) < 4.78 is 44.2. The predicted octanol–water partition coefficient (Wildman–Crippen LogP) is 6.23. The molecule has 0 amide bonds. The van der Waals surface area contributed by atoms with Gasteiger partial charge in [0.05, 0.1) is 27.0 Å². The highest BCUT2D eigenvalue weighted by Crippen LogP contribution is 2.48. The van der Waals surface area contributed by atoms with Crippen molar-refractivity contribution in [2.45, 2.75) is 23.1 Å². The van der Waals surface area contributed by atoms with Gasteiger partial charge in [-0.3, -0.25) is 0 Å². The molecule has 3 aromatic rings. The van der Waals surface area contributed by atoms with Gasteiger partial charge in [0.15, 0.2) is 11.5 Å². The Balaban J connectivity index is 1.67. The Morgan fingerprint density at radius 3 is 2.31 bits per heavy atom. The fourth-order valence-electron chi connectivity index (χ4n) is 3.97. The highest BCUT2D eigenvalue weighted by Gasteiger charge is 2.26. The summed E-state index contributed by atoms with van der Waals surface area (Å²) >= 11 is 1.76. The number of hydrogen-bond acceptors (Lipinski definition) is 5. The number of anilines is 1. The number of rotatable bonds is 6. The highest BCUT2D eigenvalue weighted by molar-refractivity contribution is 7.99. The van der Waals surface area contributed by atoms with Gasteiger partial charge in [-0.2, -0.15) is 0 Å². The molecular formula is C25H25F2NO3S. The molecule has 0 aromatic heterocycles. The summed E-state index contributed by atoms with van der Waals surface area (Å²) in [6.45, 7) is 1.08. The third-order valence-corrected chi connectivity index (χ3v) is 6.96. The molecule has 4 rings (SSSR count). The van der Waals surface area contributed by atoms with E-state index in [4.69, 9.17) is 14.2 Å². The minimum Gasteiger partial charge on any atom is -0.493 e. The second-order valence-corrected chi connectivity index (χ2v) is 8.72. The molecule has 3 aromatic carbocycles. The molecule has 0 fully saturated rings. The van der Waals surface area contributed by atoms with E-state index in [-0.39, 0.29) is 5.25 Å². The van der Waals surface area contributed by atoms with Crippen molar-refractivity contribution in [1.82, 2.24) is 0 Å². The van der Waals surface area contributed by atoms with E-state index in [0.717, 1.165) is 28.6 Å². The van der Waals surface area contributed by atoms with Gasteiger partial charge >= 0.3 is 0 Å². The Bertz CT molecular complexity index is 1080. The lowest BCUT2D eigenvalue weighted by atomic mass is 10.1. The molecular weight excluding hydrogens is 432 g/mol. The molecule has 32 heavy (non-hydrogen) atoms. The van der Waals surface area contributed by atoms with Crippen LogP contribution in [0.4, 0.5) is 14.5 Å². The lowest BCUT2D eigenvalue weighted by molar-refractivity contribution is 0.323. The van der Waals surface area contributed by atoms with Crippen molar-refractivity contribution in [2.24, 2.45) is 0 Å². The molecule has 0 saturated carbocycles. The number of benzene rings is 3. The van der Waals surface area contributed by atoms with Gasteiger partial charge in [0.1, 0.15) is 11.6 Å². The summed E-state index contributed by atoms with van der Waals surface area (Å²) in [5, 5.41) is 0.132. The van der Waals surface area contributed by atoms with Crippen molar-refractivity contribution in [3.05, 3.63) is 77.4 Å². The Morgan fingerprint density at radius 1 is 0.938 bits per heavy atom. The van der Waals surface area contributed by atoms with Crippen LogP contribution in [0.15, 0.2) is 59.5 Å². The summed E-state index contributed by atoms with van der Waals surface area (Å²) in [5.74, 6) is 0.697. The zero-order chi connectivity index (χ0) is 22.7. The first-order valence-electron chi connectivity index (χ1n) is 10.3. The van der Waals surface area contributed by atoms with E-state index in [1.165, 1.54) is 12.1 Å². The monoisotopic (exact) mass is 457 g/mol. The van der Waals surface area contributed by atoms with Crippen LogP contribution in [-0.2, 0) is 6.54 Å². The number of halogens is 2. The second kappa shape index (κ2) is 9.69. The zero-order valence-corrected chi connectivity index (χ0v) is 19.0. The minimum absolute atomic E-state index is 0.132. The third kappa shape index (κ3) is 4.48. The second-order valence-electron chi connectivity index (χ2n) is 7.48. The fourth-order valence-corrected chi connectivity index (χ4v) is 5.24. The van der Waals surface area contributed by atoms with Crippen molar-refractivity contribution in [1.29, 1.82) is 0 Å². The molecule has 168 valence electrons. The van der Waals surface area contributed by atoms with Crippen LogP contribution in [0.3, 0.4) is 0 Å². The van der Waals surface area contributed by atoms with Crippen LogP contribution in [0.2, 0.25) is 0 Å². The van der Waals surface area contributed by atoms with Gasteiger partial charge in [0, 0.05) is 34.9 Å². The number of methoxy groups -OCH3 is 3. The summed E-state index contributed by atoms with van der Waals surface area (Å²) in [5.41, 5.74) is 2.57. The van der Waals surface area contributed by atoms with Crippen molar-refractivity contribution < 1.29 is 23.0 Å². The van der Waals surface area contributed by atoms with Gasteiger partial charge in [-0.1, -0.05) is 18.2 Å². The maximum absolute atomic E-state index is 14.4. The first-order chi connectivity index (χ1) is 15.5. The maximum Gasteiger partial charge on any atom is 0.203 e. The molecule has 0 spiro atoms. The SMILES string of the molecule is COc1cc([C@@H]2CCN(Cc3ccc(F)cc3F)c3ccccc3S2)cc(OC)c1OC.